The summed E-state index contributed by atoms with van der Waals surface area (Å²) in [6.07, 6.45) is 0. The number of methoxy groups -OCH3 is 1. The molecule has 0 fully saturated rings. The summed E-state index contributed by atoms with van der Waals surface area (Å²) < 4.78 is 10.5. The number of hydrogen-bond acceptors (Lipinski definition) is 3. The lowest BCUT2D eigenvalue weighted by Gasteiger charge is -2.09. The molecule has 0 atom stereocenters. The quantitative estimate of drug-likeness (QED) is 0.911. The normalized spacial score (nSPS) is 10.6. The van der Waals surface area contributed by atoms with Gasteiger partial charge in [-0.1, -0.05) is 24.3 Å². The number of ether oxygens (including phenoxy) is 1. The molecule has 2 rings (SSSR count). The van der Waals surface area contributed by atoms with E-state index in [1.807, 2.05) is 31.2 Å². The van der Waals surface area contributed by atoms with E-state index in [4.69, 9.17) is 9.15 Å². The van der Waals surface area contributed by atoms with Gasteiger partial charge in [0, 0.05) is 13.7 Å². The van der Waals surface area contributed by atoms with Crippen LogP contribution in [0.4, 0.5) is 0 Å². The zero-order valence-electron chi connectivity index (χ0n) is 12.0. The monoisotopic (exact) mass is 273 g/mol. The molecule has 0 saturated carbocycles. The topological polar surface area (TPSA) is 51.5 Å². The van der Waals surface area contributed by atoms with Gasteiger partial charge >= 0.3 is 0 Å². The Morgan fingerprint density at radius 2 is 1.95 bits per heavy atom. The summed E-state index contributed by atoms with van der Waals surface area (Å²) in [7, 11) is 1.66. The molecule has 0 saturated heterocycles. The van der Waals surface area contributed by atoms with E-state index in [1.165, 1.54) is 0 Å². The maximum absolute atomic E-state index is 12.1. The molecule has 0 aliphatic carbocycles. The van der Waals surface area contributed by atoms with Gasteiger partial charge in [0.05, 0.1) is 12.2 Å². The fraction of sp³-hybridized carbons (Fsp3) is 0.312. The van der Waals surface area contributed by atoms with Crippen LogP contribution in [0.25, 0.3) is 0 Å². The van der Waals surface area contributed by atoms with E-state index in [1.54, 1.807) is 20.1 Å². The molecule has 0 bridgehead atoms. The average Bonchev–Trinajstić information content (AvgIpc) is 2.77. The van der Waals surface area contributed by atoms with Crippen molar-refractivity contribution in [2.75, 3.05) is 7.11 Å². The molecule has 4 heteroatoms. The number of furan rings is 1. The molecule has 2 aromatic rings. The molecular formula is C16H19NO3. The predicted molar refractivity (Wildman–Crippen MR) is 76.5 cm³/mol. The molecule has 1 aromatic heterocycles. The smallest absolute Gasteiger partial charge is 0.255 e. The van der Waals surface area contributed by atoms with Crippen LogP contribution in [0.3, 0.4) is 0 Å². The number of nitrogens with one attached hydrogen (secondary N) is 1. The zero-order valence-corrected chi connectivity index (χ0v) is 12.0. The summed E-state index contributed by atoms with van der Waals surface area (Å²) in [6, 6.07) is 9.66. The number of carbonyl (C=O) groups excluding carboxylic acids is 1. The van der Waals surface area contributed by atoms with Gasteiger partial charge in [-0.2, -0.15) is 0 Å². The maximum atomic E-state index is 12.1. The lowest BCUT2D eigenvalue weighted by Crippen LogP contribution is -2.23. The van der Waals surface area contributed by atoms with E-state index < -0.39 is 0 Å². The van der Waals surface area contributed by atoms with E-state index in [2.05, 4.69) is 5.32 Å². The molecule has 20 heavy (non-hydrogen) atoms. The van der Waals surface area contributed by atoms with Gasteiger partial charge in [0.1, 0.15) is 11.5 Å². The third kappa shape index (κ3) is 3.27. The fourth-order valence-electron chi connectivity index (χ4n) is 2.15. The Balaban J connectivity index is 2.05. The molecule has 4 nitrogen and oxygen atoms in total. The molecule has 1 amide bonds. The Kier molecular flexibility index (Phi) is 4.58. The van der Waals surface area contributed by atoms with Gasteiger partial charge in [-0.25, -0.2) is 0 Å². The van der Waals surface area contributed by atoms with E-state index in [0.717, 1.165) is 16.9 Å². The Hall–Kier alpha value is -2.07. The highest BCUT2D eigenvalue weighted by Gasteiger charge is 2.13. The summed E-state index contributed by atoms with van der Waals surface area (Å²) in [5.74, 6) is 1.27. The molecule has 0 spiro atoms. The van der Waals surface area contributed by atoms with Crippen LogP contribution in [-0.4, -0.2) is 13.0 Å². The van der Waals surface area contributed by atoms with Gasteiger partial charge in [-0.05, 0) is 31.0 Å². The number of benzene rings is 1. The highest BCUT2D eigenvalue weighted by molar-refractivity contribution is 5.95. The fourth-order valence-corrected chi connectivity index (χ4v) is 2.15. The molecule has 1 N–H and O–H groups in total. The van der Waals surface area contributed by atoms with Gasteiger partial charge in [0.2, 0.25) is 0 Å². The summed E-state index contributed by atoms with van der Waals surface area (Å²) in [5.41, 5.74) is 2.72. The summed E-state index contributed by atoms with van der Waals surface area (Å²) in [5, 5.41) is 2.91. The van der Waals surface area contributed by atoms with Crippen LogP contribution in [0.2, 0.25) is 0 Å². The second-order valence-corrected chi connectivity index (χ2v) is 4.71. The Morgan fingerprint density at radius 1 is 1.25 bits per heavy atom. The molecule has 0 aliphatic heterocycles. The second-order valence-electron chi connectivity index (χ2n) is 4.71. The Labute approximate surface area is 118 Å². The molecule has 0 unspecified atom stereocenters. The lowest BCUT2D eigenvalue weighted by atomic mass is 10.1. The summed E-state index contributed by atoms with van der Waals surface area (Å²) in [4.78, 5) is 12.1. The van der Waals surface area contributed by atoms with E-state index in [0.29, 0.717) is 24.5 Å². The number of rotatable bonds is 5. The first-order valence-corrected chi connectivity index (χ1v) is 6.52. The van der Waals surface area contributed by atoms with Crippen molar-refractivity contribution in [3.63, 3.8) is 0 Å². The number of carbonyl (C=O) groups is 1. The van der Waals surface area contributed by atoms with Gasteiger partial charge in [0.25, 0.3) is 5.91 Å². The van der Waals surface area contributed by atoms with Crippen molar-refractivity contribution < 1.29 is 13.9 Å². The first kappa shape index (κ1) is 14.3. The maximum Gasteiger partial charge on any atom is 0.255 e. The van der Waals surface area contributed by atoms with Gasteiger partial charge in [-0.3, -0.25) is 4.79 Å². The summed E-state index contributed by atoms with van der Waals surface area (Å²) in [6.45, 7) is 4.64. The van der Waals surface area contributed by atoms with E-state index in [-0.39, 0.29) is 5.91 Å². The number of hydrogen-bond donors (Lipinski definition) is 1. The van der Waals surface area contributed by atoms with Gasteiger partial charge in [0.15, 0.2) is 0 Å². The minimum absolute atomic E-state index is 0.119. The van der Waals surface area contributed by atoms with Crippen molar-refractivity contribution in [1.82, 2.24) is 5.32 Å². The first-order chi connectivity index (χ1) is 9.61. The largest absolute Gasteiger partial charge is 0.466 e. The Morgan fingerprint density at radius 3 is 2.55 bits per heavy atom. The highest BCUT2D eigenvalue weighted by atomic mass is 16.5. The molecular weight excluding hydrogens is 254 g/mol. The van der Waals surface area contributed by atoms with Crippen LogP contribution in [0, 0.1) is 13.8 Å². The van der Waals surface area contributed by atoms with Crippen LogP contribution >= 0.6 is 0 Å². The van der Waals surface area contributed by atoms with E-state index in [9.17, 15) is 4.79 Å². The zero-order chi connectivity index (χ0) is 14.5. The minimum atomic E-state index is -0.119. The predicted octanol–water partition coefficient (Wildman–Crippen LogP) is 2.97. The first-order valence-electron chi connectivity index (χ1n) is 6.52. The van der Waals surface area contributed by atoms with Crippen LogP contribution in [0.15, 0.2) is 34.7 Å². The van der Waals surface area contributed by atoms with Gasteiger partial charge in [-0.15, -0.1) is 0 Å². The third-order valence-electron chi connectivity index (χ3n) is 3.14. The van der Waals surface area contributed by atoms with Crippen LogP contribution < -0.4 is 5.32 Å². The van der Waals surface area contributed by atoms with Crippen molar-refractivity contribution in [3.05, 3.63) is 58.5 Å². The van der Waals surface area contributed by atoms with Crippen LogP contribution in [0.1, 0.15) is 33.0 Å². The Bertz CT molecular complexity index is 602. The molecule has 0 radical (unpaired) electrons. The average molecular weight is 273 g/mol. The molecule has 0 aliphatic rings. The third-order valence-corrected chi connectivity index (χ3v) is 3.14. The lowest BCUT2D eigenvalue weighted by molar-refractivity contribution is 0.0949. The van der Waals surface area contributed by atoms with Crippen molar-refractivity contribution in [2.45, 2.75) is 27.0 Å². The minimum Gasteiger partial charge on any atom is -0.466 e. The second kappa shape index (κ2) is 6.39. The summed E-state index contributed by atoms with van der Waals surface area (Å²) >= 11 is 0. The van der Waals surface area contributed by atoms with Crippen LogP contribution in [0.5, 0.6) is 0 Å². The highest BCUT2D eigenvalue weighted by Crippen LogP contribution is 2.14. The molecule has 1 heterocycles. The van der Waals surface area contributed by atoms with Crippen molar-refractivity contribution >= 4 is 5.91 Å². The van der Waals surface area contributed by atoms with Crippen molar-refractivity contribution in [2.24, 2.45) is 0 Å². The molecule has 106 valence electrons. The van der Waals surface area contributed by atoms with Crippen LogP contribution in [-0.2, 0) is 17.9 Å². The van der Waals surface area contributed by atoms with E-state index >= 15 is 0 Å². The SMILES string of the molecule is COCc1ccccc1CNC(=O)c1cc(C)oc1C. The van der Waals surface area contributed by atoms with Gasteiger partial charge < -0.3 is 14.5 Å². The van der Waals surface area contributed by atoms with Crippen molar-refractivity contribution in [3.8, 4) is 0 Å². The van der Waals surface area contributed by atoms with Crippen molar-refractivity contribution in [1.29, 1.82) is 0 Å². The standard InChI is InChI=1S/C16H19NO3/c1-11-8-15(12(2)20-11)16(18)17-9-13-6-4-5-7-14(13)10-19-3/h4-8H,9-10H2,1-3H3,(H,17,18). The molecule has 1 aromatic carbocycles. The number of amides is 1. The number of aryl methyl sites for hydroxylation is 2.